The molecular weight excluding hydrogens is 344 g/mol. The van der Waals surface area contributed by atoms with E-state index in [1.54, 1.807) is 0 Å². The molecule has 0 saturated carbocycles. The SMILES string of the molecule is CCCCCCCCCCCCCCCCCCCCC[C@H](O)CCCCO. The predicted octanol–water partition coefficient (Wildman–Crippen LogP) is 8.33. The lowest BCUT2D eigenvalue weighted by Crippen LogP contribution is -2.06. The molecule has 0 aromatic carbocycles. The number of unbranched alkanes of at least 4 members (excludes halogenated alkanes) is 19. The molecule has 0 spiro atoms. The van der Waals surface area contributed by atoms with Crippen LogP contribution < -0.4 is 0 Å². The van der Waals surface area contributed by atoms with Crippen molar-refractivity contribution in [2.45, 2.75) is 161 Å². The fourth-order valence-corrected chi connectivity index (χ4v) is 4.09. The van der Waals surface area contributed by atoms with E-state index in [-0.39, 0.29) is 12.7 Å². The van der Waals surface area contributed by atoms with Crippen molar-refractivity contribution in [3.63, 3.8) is 0 Å². The Morgan fingerprint density at radius 3 is 1.04 bits per heavy atom. The van der Waals surface area contributed by atoms with E-state index >= 15 is 0 Å². The van der Waals surface area contributed by atoms with Crippen molar-refractivity contribution in [2.24, 2.45) is 0 Å². The highest BCUT2D eigenvalue weighted by atomic mass is 16.3. The van der Waals surface area contributed by atoms with Gasteiger partial charge in [-0.3, -0.25) is 0 Å². The smallest absolute Gasteiger partial charge is 0.0540 e. The number of rotatable bonds is 24. The normalized spacial score (nSPS) is 12.5. The zero-order valence-electron chi connectivity index (χ0n) is 19.4. The molecule has 1 atom stereocenters. The van der Waals surface area contributed by atoms with Gasteiger partial charge in [0.05, 0.1) is 6.10 Å². The average Bonchev–Trinajstić information content (AvgIpc) is 2.70. The van der Waals surface area contributed by atoms with Gasteiger partial charge in [0.2, 0.25) is 0 Å². The largest absolute Gasteiger partial charge is 0.396 e. The summed E-state index contributed by atoms with van der Waals surface area (Å²) in [5, 5.41) is 18.6. The van der Waals surface area contributed by atoms with Crippen molar-refractivity contribution in [1.29, 1.82) is 0 Å². The topological polar surface area (TPSA) is 40.5 Å². The molecule has 0 unspecified atom stereocenters. The molecule has 0 aliphatic heterocycles. The molecule has 0 radical (unpaired) electrons. The molecule has 0 aliphatic carbocycles. The van der Waals surface area contributed by atoms with Crippen LogP contribution in [0, 0.1) is 0 Å². The number of aliphatic hydroxyl groups is 2. The first kappa shape index (κ1) is 27.9. The van der Waals surface area contributed by atoms with Crippen LogP contribution in [0.1, 0.15) is 155 Å². The Morgan fingerprint density at radius 2 is 0.714 bits per heavy atom. The Labute approximate surface area is 177 Å². The Bertz CT molecular complexity index is 267. The van der Waals surface area contributed by atoms with E-state index in [0.717, 1.165) is 25.7 Å². The van der Waals surface area contributed by atoms with Gasteiger partial charge in [0.15, 0.2) is 0 Å². The van der Waals surface area contributed by atoms with Crippen LogP contribution in [-0.2, 0) is 0 Å². The molecule has 0 amide bonds. The Balaban J connectivity index is 3.05. The molecule has 0 aromatic rings. The fraction of sp³-hybridized carbons (Fsp3) is 1.00. The lowest BCUT2D eigenvalue weighted by Gasteiger charge is -2.09. The monoisotopic (exact) mass is 398 g/mol. The summed E-state index contributed by atoms with van der Waals surface area (Å²) in [7, 11) is 0. The molecule has 0 heterocycles. The van der Waals surface area contributed by atoms with Crippen LogP contribution in [0.5, 0.6) is 0 Å². The third kappa shape index (κ3) is 24.0. The lowest BCUT2D eigenvalue weighted by molar-refractivity contribution is 0.144. The highest BCUT2D eigenvalue weighted by molar-refractivity contribution is 4.57. The van der Waals surface area contributed by atoms with Crippen LogP contribution in [0.4, 0.5) is 0 Å². The van der Waals surface area contributed by atoms with Crippen LogP contribution in [0.3, 0.4) is 0 Å². The summed E-state index contributed by atoms with van der Waals surface area (Å²) in [5.74, 6) is 0. The zero-order valence-corrected chi connectivity index (χ0v) is 19.4. The van der Waals surface area contributed by atoms with Gasteiger partial charge in [-0.1, -0.05) is 129 Å². The molecule has 0 bridgehead atoms. The Hall–Kier alpha value is -0.0800. The molecule has 2 N–H and O–H groups in total. The van der Waals surface area contributed by atoms with E-state index in [9.17, 15) is 5.11 Å². The van der Waals surface area contributed by atoms with Gasteiger partial charge in [-0.15, -0.1) is 0 Å². The van der Waals surface area contributed by atoms with E-state index in [0.29, 0.717) is 0 Å². The molecule has 2 heteroatoms. The summed E-state index contributed by atoms with van der Waals surface area (Å²) < 4.78 is 0. The highest BCUT2D eigenvalue weighted by Gasteiger charge is 2.03. The van der Waals surface area contributed by atoms with Crippen molar-refractivity contribution >= 4 is 0 Å². The highest BCUT2D eigenvalue weighted by Crippen LogP contribution is 2.15. The fourth-order valence-electron chi connectivity index (χ4n) is 4.09. The summed E-state index contributed by atoms with van der Waals surface area (Å²) in [5.41, 5.74) is 0. The first-order chi connectivity index (χ1) is 13.8. The minimum atomic E-state index is -0.141. The minimum absolute atomic E-state index is 0.141. The maximum absolute atomic E-state index is 9.84. The van der Waals surface area contributed by atoms with E-state index in [2.05, 4.69) is 6.92 Å². The molecule has 170 valence electrons. The molecule has 2 nitrogen and oxygen atoms in total. The summed E-state index contributed by atoms with van der Waals surface area (Å²) in [6.07, 6.45) is 30.2. The van der Waals surface area contributed by atoms with Gasteiger partial charge >= 0.3 is 0 Å². The second kappa shape index (κ2) is 25.0. The van der Waals surface area contributed by atoms with E-state index in [1.807, 2.05) is 0 Å². The van der Waals surface area contributed by atoms with E-state index in [4.69, 9.17) is 5.11 Å². The number of aliphatic hydroxyl groups excluding tert-OH is 2. The summed E-state index contributed by atoms with van der Waals surface area (Å²) in [6.45, 7) is 2.55. The molecule has 0 aromatic heterocycles. The molecular formula is C26H54O2. The number of hydrogen-bond donors (Lipinski definition) is 2. The molecule has 0 rings (SSSR count). The van der Waals surface area contributed by atoms with Crippen LogP contribution in [0.15, 0.2) is 0 Å². The Morgan fingerprint density at radius 1 is 0.429 bits per heavy atom. The van der Waals surface area contributed by atoms with Crippen molar-refractivity contribution in [3.8, 4) is 0 Å². The molecule has 0 saturated heterocycles. The second-order valence-corrected chi connectivity index (χ2v) is 9.03. The van der Waals surface area contributed by atoms with Gasteiger partial charge in [0, 0.05) is 6.61 Å². The molecule has 0 fully saturated rings. The number of hydrogen-bond acceptors (Lipinski definition) is 2. The van der Waals surface area contributed by atoms with Gasteiger partial charge in [0.25, 0.3) is 0 Å². The van der Waals surface area contributed by atoms with Crippen LogP contribution in [0.2, 0.25) is 0 Å². The van der Waals surface area contributed by atoms with Gasteiger partial charge in [-0.05, 0) is 25.7 Å². The van der Waals surface area contributed by atoms with Crippen molar-refractivity contribution in [2.75, 3.05) is 6.61 Å². The van der Waals surface area contributed by atoms with E-state index in [1.165, 1.54) is 122 Å². The van der Waals surface area contributed by atoms with Crippen LogP contribution >= 0.6 is 0 Å². The van der Waals surface area contributed by atoms with Crippen LogP contribution in [-0.4, -0.2) is 22.9 Å². The van der Waals surface area contributed by atoms with Crippen LogP contribution in [0.25, 0.3) is 0 Å². The first-order valence-corrected chi connectivity index (χ1v) is 13.1. The summed E-state index contributed by atoms with van der Waals surface area (Å²) in [6, 6.07) is 0. The zero-order chi connectivity index (χ0) is 20.5. The van der Waals surface area contributed by atoms with Crippen molar-refractivity contribution in [1.82, 2.24) is 0 Å². The quantitative estimate of drug-likeness (QED) is 0.160. The van der Waals surface area contributed by atoms with Gasteiger partial charge in [-0.2, -0.15) is 0 Å². The maximum Gasteiger partial charge on any atom is 0.0540 e. The second-order valence-electron chi connectivity index (χ2n) is 9.03. The third-order valence-electron chi connectivity index (χ3n) is 6.09. The van der Waals surface area contributed by atoms with Gasteiger partial charge in [0.1, 0.15) is 0 Å². The van der Waals surface area contributed by atoms with Crippen molar-refractivity contribution < 1.29 is 10.2 Å². The molecule has 0 aliphatic rings. The van der Waals surface area contributed by atoms with Gasteiger partial charge in [-0.25, -0.2) is 0 Å². The standard InChI is InChI=1S/C26H54O2/c1-2-3-4-5-6-7-8-9-10-11-12-13-14-15-16-17-18-19-20-23-26(28)24-21-22-25-27/h26-28H,2-25H2,1H3/t26-/m0/s1. The average molecular weight is 399 g/mol. The molecule has 28 heavy (non-hydrogen) atoms. The lowest BCUT2D eigenvalue weighted by atomic mass is 10.0. The summed E-state index contributed by atoms with van der Waals surface area (Å²) in [4.78, 5) is 0. The van der Waals surface area contributed by atoms with Crippen molar-refractivity contribution in [3.05, 3.63) is 0 Å². The maximum atomic E-state index is 9.84. The van der Waals surface area contributed by atoms with Gasteiger partial charge < -0.3 is 10.2 Å². The third-order valence-corrected chi connectivity index (χ3v) is 6.09. The predicted molar refractivity (Wildman–Crippen MR) is 125 cm³/mol. The summed E-state index contributed by atoms with van der Waals surface area (Å²) >= 11 is 0. The minimum Gasteiger partial charge on any atom is -0.396 e. The Kier molecular flexibility index (Phi) is 24.9. The first-order valence-electron chi connectivity index (χ1n) is 13.1. The van der Waals surface area contributed by atoms with E-state index < -0.39 is 0 Å².